The minimum Gasteiger partial charge on any atom is -0.388 e. The van der Waals surface area contributed by atoms with Crippen LogP contribution in [-0.2, 0) is 22.6 Å². The minimum absolute atomic E-state index is 0.0400. The normalized spacial score (nSPS) is 12.2. The third-order valence-corrected chi connectivity index (χ3v) is 10.2. The standard InChI is InChI=1S/C41H35NO5S/c1-41(2,3)29-23-25-30(26-24-29)48(44,45)47-40-37(31-19-11-12-20-32(31)39(43)46-40)36-33-21-13-14-22-34(33)42(4)38(36)35(27-15-7-5-8-16-27)28-17-9-6-10-18-28/h5-26,35H,1-4H3. The number of benzene rings is 5. The molecule has 0 aliphatic rings. The van der Waals surface area contributed by atoms with Gasteiger partial charge in [0, 0.05) is 40.5 Å². The van der Waals surface area contributed by atoms with Crippen molar-refractivity contribution >= 4 is 31.8 Å². The van der Waals surface area contributed by atoms with Gasteiger partial charge < -0.3 is 13.2 Å². The molecule has 0 N–H and O–H groups in total. The monoisotopic (exact) mass is 653 g/mol. The number of hydrogen-bond donors (Lipinski definition) is 0. The molecule has 0 saturated carbocycles. The molecule has 5 aromatic carbocycles. The molecule has 2 heterocycles. The highest BCUT2D eigenvalue weighted by molar-refractivity contribution is 7.87. The van der Waals surface area contributed by atoms with Crippen molar-refractivity contribution in [2.45, 2.75) is 37.0 Å². The fourth-order valence-electron chi connectivity index (χ4n) is 6.56. The molecule has 0 fully saturated rings. The molecule has 0 saturated heterocycles. The van der Waals surface area contributed by atoms with Crippen LogP contribution in [0.3, 0.4) is 0 Å². The van der Waals surface area contributed by atoms with Gasteiger partial charge in [-0.1, -0.05) is 130 Å². The number of para-hydroxylation sites is 1. The van der Waals surface area contributed by atoms with Gasteiger partial charge in [-0.05, 0) is 46.4 Å². The lowest BCUT2D eigenvalue weighted by atomic mass is 9.84. The molecule has 0 bridgehead atoms. The molecule has 0 radical (unpaired) electrons. The fourth-order valence-corrected chi connectivity index (χ4v) is 7.44. The first-order valence-corrected chi connectivity index (χ1v) is 17.2. The van der Waals surface area contributed by atoms with Gasteiger partial charge in [-0.15, -0.1) is 0 Å². The molecule has 7 aromatic rings. The first-order chi connectivity index (χ1) is 23.0. The van der Waals surface area contributed by atoms with E-state index in [4.69, 9.17) is 8.60 Å². The van der Waals surface area contributed by atoms with Crippen molar-refractivity contribution in [1.29, 1.82) is 0 Å². The second kappa shape index (κ2) is 12.0. The van der Waals surface area contributed by atoms with Crippen LogP contribution in [0.15, 0.2) is 148 Å². The van der Waals surface area contributed by atoms with Crippen LogP contribution in [-0.4, -0.2) is 13.0 Å². The molecule has 48 heavy (non-hydrogen) atoms. The van der Waals surface area contributed by atoms with Crippen LogP contribution in [0.4, 0.5) is 0 Å². The molecule has 7 rings (SSSR count). The van der Waals surface area contributed by atoms with E-state index in [0.717, 1.165) is 38.9 Å². The van der Waals surface area contributed by atoms with E-state index in [1.807, 2.05) is 79.8 Å². The summed E-state index contributed by atoms with van der Waals surface area (Å²) in [5, 5.41) is 1.71. The van der Waals surface area contributed by atoms with E-state index in [2.05, 4.69) is 49.6 Å². The van der Waals surface area contributed by atoms with Gasteiger partial charge in [0.1, 0.15) is 4.90 Å². The maximum absolute atomic E-state index is 13.9. The summed E-state index contributed by atoms with van der Waals surface area (Å²) in [6.45, 7) is 6.18. The topological polar surface area (TPSA) is 78.5 Å². The largest absolute Gasteiger partial charge is 0.388 e. The summed E-state index contributed by atoms with van der Waals surface area (Å²) in [5.74, 6) is -0.643. The summed E-state index contributed by atoms with van der Waals surface area (Å²) in [5.41, 5.74) is 5.16. The molecule has 0 aliphatic carbocycles. The second-order valence-corrected chi connectivity index (χ2v) is 14.5. The van der Waals surface area contributed by atoms with Crippen molar-refractivity contribution in [3.05, 3.63) is 166 Å². The van der Waals surface area contributed by atoms with Gasteiger partial charge in [0.2, 0.25) is 0 Å². The van der Waals surface area contributed by atoms with Crippen LogP contribution in [0.5, 0.6) is 5.95 Å². The molecule has 0 spiro atoms. The van der Waals surface area contributed by atoms with Gasteiger partial charge in [-0.3, -0.25) is 0 Å². The Bertz CT molecular complexity index is 2400. The quantitative estimate of drug-likeness (QED) is 0.160. The van der Waals surface area contributed by atoms with Crippen molar-refractivity contribution in [2.24, 2.45) is 7.05 Å². The van der Waals surface area contributed by atoms with E-state index < -0.39 is 15.7 Å². The first-order valence-electron chi connectivity index (χ1n) is 15.8. The maximum atomic E-state index is 13.9. The van der Waals surface area contributed by atoms with Crippen molar-refractivity contribution in [2.75, 3.05) is 0 Å². The number of aryl methyl sites for hydroxylation is 1. The van der Waals surface area contributed by atoms with E-state index in [9.17, 15) is 13.2 Å². The first kappa shape index (κ1) is 31.2. The summed E-state index contributed by atoms with van der Waals surface area (Å²) in [6.07, 6.45) is 0. The summed E-state index contributed by atoms with van der Waals surface area (Å²) in [6, 6.07) is 42.0. The van der Waals surface area contributed by atoms with Crippen LogP contribution in [0.2, 0.25) is 0 Å². The Morgan fingerprint density at radius 2 is 1.17 bits per heavy atom. The Hall–Kier alpha value is -5.40. The highest BCUT2D eigenvalue weighted by Gasteiger charge is 2.32. The van der Waals surface area contributed by atoms with E-state index in [-0.39, 0.29) is 22.2 Å². The molecule has 2 aromatic heterocycles. The second-order valence-electron chi connectivity index (χ2n) is 13.0. The van der Waals surface area contributed by atoms with Crippen LogP contribution >= 0.6 is 0 Å². The maximum Gasteiger partial charge on any atom is 0.346 e. The highest BCUT2D eigenvalue weighted by Crippen LogP contribution is 2.48. The molecular weight excluding hydrogens is 619 g/mol. The number of aromatic nitrogens is 1. The smallest absolute Gasteiger partial charge is 0.346 e. The van der Waals surface area contributed by atoms with Crippen LogP contribution in [0.25, 0.3) is 32.8 Å². The van der Waals surface area contributed by atoms with E-state index in [0.29, 0.717) is 16.3 Å². The molecule has 240 valence electrons. The number of nitrogens with zero attached hydrogens (tertiary/aromatic N) is 1. The molecule has 0 unspecified atom stereocenters. The molecule has 6 nitrogen and oxygen atoms in total. The van der Waals surface area contributed by atoms with Gasteiger partial charge in [0.05, 0.1) is 10.9 Å². The summed E-state index contributed by atoms with van der Waals surface area (Å²) >= 11 is 0. The predicted octanol–water partition coefficient (Wildman–Crippen LogP) is 9.20. The molecule has 0 amide bonds. The van der Waals surface area contributed by atoms with Crippen LogP contribution in [0, 0.1) is 0 Å². The zero-order valence-electron chi connectivity index (χ0n) is 27.2. The van der Waals surface area contributed by atoms with Crippen molar-refractivity contribution in [1.82, 2.24) is 4.57 Å². The minimum atomic E-state index is -4.41. The number of fused-ring (bicyclic) bond motifs is 2. The molecule has 7 heteroatoms. The van der Waals surface area contributed by atoms with Crippen LogP contribution in [0.1, 0.15) is 49.1 Å². The Morgan fingerprint density at radius 1 is 0.646 bits per heavy atom. The zero-order chi connectivity index (χ0) is 33.6. The van der Waals surface area contributed by atoms with Crippen molar-refractivity contribution < 1.29 is 17.0 Å². The van der Waals surface area contributed by atoms with Gasteiger partial charge in [0.15, 0.2) is 0 Å². The Kier molecular flexibility index (Phi) is 7.80. The Balaban J connectivity index is 1.55. The third kappa shape index (κ3) is 5.50. The molecule has 0 aliphatic heterocycles. The lowest BCUT2D eigenvalue weighted by Crippen LogP contribution is -2.15. The highest BCUT2D eigenvalue weighted by atomic mass is 32.2. The van der Waals surface area contributed by atoms with Crippen molar-refractivity contribution in [3.63, 3.8) is 0 Å². The lowest BCUT2D eigenvalue weighted by Gasteiger charge is -2.23. The van der Waals surface area contributed by atoms with E-state index >= 15 is 0 Å². The lowest BCUT2D eigenvalue weighted by molar-refractivity contribution is 0.364. The number of hydrogen-bond acceptors (Lipinski definition) is 5. The Labute approximate surface area is 280 Å². The van der Waals surface area contributed by atoms with Crippen molar-refractivity contribution in [3.8, 4) is 17.1 Å². The fraction of sp³-hybridized carbons (Fsp3) is 0.146. The van der Waals surface area contributed by atoms with Crippen LogP contribution < -0.4 is 9.81 Å². The van der Waals surface area contributed by atoms with E-state index in [1.165, 1.54) is 12.1 Å². The molecular formula is C41H35NO5S. The SMILES string of the molecule is Cn1c(C(c2ccccc2)c2ccccc2)c(-c2c(OS(=O)(=O)c3ccc(C(C)(C)C)cc3)oc(=O)c3ccccc23)c2ccccc21. The van der Waals surface area contributed by atoms with Gasteiger partial charge >= 0.3 is 21.7 Å². The average molecular weight is 654 g/mol. The van der Waals surface area contributed by atoms with Gasteiger partial charge in [-0.2, -0.15) is 8.42 Å². The average Bonchev–Trinajstić information content (AvgIpc) is 3.37. The van der Waals surface area contributed by atoms with E-state index in [1.54, 1.807) is 24.3 Å². The number of rotatable bonds is 7. The Morgan fingerprint density at radius 3 is 1.75 bits per heavy atom. The predicted molar refractivity (Wildman–Crippen MR) is 191 cm³/mol. The summed E-state index contributed by atoms with van der Waals surface area (Å²) < 4.78 is 41.7. The summed E-state index contributed by atoms with van der Waals surface area (Å²) in [7, 11) is -2.41. The summed E-state index contributed by atoms with van der Waals surface area (Å²) in [4.78, 5) is 13.4. The zero-order valence-corrected chi connectivity index (χ0v) is 28.0. The van der Waals surface area contributed by atoms with Gasteiger partial charge in [-0.25, -0.2) is 4.79 Å². The molecule has 0 atom stereocenters. The van der Waals surface area contributed by atoms with Gasteiger partial charge in [0.25, 0.3) is 0 Å². The third-order valence-electron chi connectivity index (χ3n) is 8.94.